The van der Waals surface area contributed by atoms with Crippen LogP contribution >= 0.6 is 11.6 Å². The number of halogens is 4. The normalized spacial score (nSPS) is 21.5. The van der Waals surface area contributed by atoms with Crippen molar-refractivity contribution in [3.63, 3.8) is 0 Å². The fourth-order valence-corrected chi connectivity index (χ4v) is 1.66. The van der Waals surface area contributed by atoms with Crippen LogP contribution in [0.4, 0.5) is 13.2 Å². The number of hydrogen-bond acceptors (Lipinski definition) is 2. The van der Waals surface area contributed by atoms with Gasteiger partial charge < -0.3 is 9.64 Å². The van der Waals surface area contributed by atoms with Crippen molar-refractivity contribution in [2.75, 3.05) is 20.2 Å². The minimum atomic E-state index is -4.47. The number of hydrogen-bond donors (Lipinski definition) is 0. The van der Waals surface area contributed by atoms with E-state index in [2.05, 4.69) is 4.74 Å². The number of carbonyl (C=O) groups is 1. The molecule has 1 amide bonds. The quantitative estimate of drug-likeness (QED) is 0.724. The molecule has 16 heavy (non-hydrogen) atoms. The van der Waals surface area contributed by atoms with Crippen LogP contribution < -0.4 is 0 Å². The summed E-state index contributed by atoms with van der Waals surface area (Å²) < 4.78 is 42.2. The van der Waals surface area contributed by atoms with Crippen molar-refractivity contribution in [2.45, 2.75) is 30.5 Å². The molecule has 1 fully saturated rings. The van der Waals surface area contributed by atoms with Crippen LogP contribution in [0.3, 0.4) is 0 Å². The maximum Gasteiger partial charge on any atom is 0.420 e. The van der Waals surface area contributed by atoms with Gasteiger partial charge in [-0.3, -0.25) is 4.79 Å². The highest BCUT2D eigenvalue weighted by molar-refractivity contribution is 6.30. The van der Waals surface area contributed by atoms with E-state index in [4.69, 9.17) is 11.6 Å². The van der Waals surface area contributed by atoms with Gasteiger partial charge in [0.2, 0.25) is 5.91 Å². The lowest BCUT2D eigenvalue weighted by Gasteiger charge is -2.49. The molecule has 1 rings (SSSR count). The fraction of sp³-hybridized carbons (Fsp3) is 0.889. The summed E-state index contributed by atoms with van der Waals surface area (Å²) in [6.07, 6.45) is -4.07. The van der Waals surface area contributed by atoms with Gasteiger partial charge in [-0.25, -0.2) is 0 Å². The predicted octanol–water partition coefficient (Wildman–Crippen LogP) is 1.79. The van der Waals surface area contributed by atoms with E-state index < -0.39 is 36.2 Å². The topological polar surface area (TPSA) is 29.5 Å². The zero-order valence-corrected chi connectivity index (χ0v) is 9.73. The number of carbonyl (C=O) groups excluding carboxylic acids is 1. The van der Waals surface area contributed by atoms with Gasteiger partial charge in [0, 0.05) is 7.11 Å². The Bertz CT molecular complexity index is 276. The second-order valence-corrected chi connectivity index (χ2v) is 4.29. The summed E-state index contributed by atoms with van der Waals surface area (Å²) in [5.41, 5.74) is -2.22. The molecule has 1 aliphatic rings. The average Bonchev–Trinajstić information content (AvgIpc) is 2.13. The SMILES string of the molecule is CCC(Cl)C(=O)N1CC(OC)(C(F)(F)F)C1. The first kappa shape index (κ1) is 13.6. The number of rotatable bonds is 3. The lowest BCUT2D eigenvalue weighted by atomic mass is 9.92. The summed E-state index contributed by atoms with van der Waals surface area (Å²) in [7, 11) is 0.993. The Morgan fingerprint density at radius 3 is 2.38 bits per heavy atom. The van der Waals surface area contributed by atoms with Crippen molar-refractivity contribution in [3.8, 4) is 0 Å². The van der Waals surface area contributed by atoms with Gasteiger partial charge in [0.25, 0.3) is 0 Å². The lowest BCUT2D eigenvalue weighted by molar-refractivity contribution is -0.306. The largest absolute Gasteiger partial charge is 0.420 e. The van der Waals surface area contributed by atoms with Crippen LogP contribution in [0.1, 0.15) is 13.3 Å². The molecule has 1 saturated heterocycles. The van der Waals surface area contributed by atoms with Gasteiger partial charge in [-0.2, -0.15) is 13.2 Å². The van der Waals surface area contributed by atoms with Crippen molar-refractivity contribution < 1.29 is 22.7 Å². The Balaban J connectivity index is 2.62. The number of methoxy groups -OCH3 is 1. The van der Waals surface area contributed by atoms with Crippen LogP contribution in [0, 0.1) is 0 Å². The molecule has 0 aliphatic carbocycles. The Labute approximate surface area is 96.5 Å². The first-order chi connectivity index (χ1) is 7.27. The molecular formula is C9H13ClF3NO2. The smallest absolute Gasteiger partial charge is 0.365 e. The lowest BCUT2D eigenvalue weighted by Crippen LogP contribution is -2.71. The van der Waals surface area contributed by atoms with Crippen LogP contribution in [0.15, 0.2) is 0 Å². The van der Waals surface area contributed by atoms with Gasteiger partial charge in [-0.1, -0.05) is 6.92 Å². The second kappa shape index (κ2) is 4.41. The van der Waals surface area contributed by atoms with E-state index in [1.807, 2.05) is 0 Å². The number of alkyl halides is 4. The molecule has 1 unspecified atom stereocenters. The van der Waals surface area contributed by atoms with Crippen molar-refractivity contribution >= 4 is 17.5 Å². The van der Waals surface area contributed by atoms with E-state index in [1.165, 1.54) is 0 Å². The summed E-state index contributed by atoms with van der Waals surface area (Å²) in [5.74, 6) is -0.471. The minimum absolute atomic E-state index is 0.392. The Hall–Kier alpha value is -0.490. The van der Waals surface area contributed by atoms with Gasteiger partial charge in [-0.05, 0) is 6.42 Å². The van der Waals surface area contributed by atoms with Gasteiger partial charge >= 0.3 is 6.18 Å². The number of ether oxygens (including phenoxy) is 1. The number of nitrogens with zero attached hydrogens (tertiary/aromatic N) is 1. The summed E-state index contributed by atoms with van der Waals surface area (Å²) in [5, 5.41) is -0.761. The molecule has 0 spiro atoms. The molecule has 7 heteroatoms. The summed E-state index contributed by atoms with van der Waals surface area (Å²) in [4.78, 5) is 12.5. The molecule has 0 saturated carbocycles. The number of amides is 1. The molecule has 0 aromatic carbocycles. The highest BCUT2D eigenvalue weighted by Gasteiger charge is 2.63. The summed E-state index contributed by atoms with van der Waals surface area (Å²) >= 11 is 5.66. The zero-order valence-electron chi connectivity index (χ0n) is 8.97. The summed E-state index contributed by atoms with van der Waals surface area (Å²) in [6, 6.07) is 0. The molecule has 3 nitrogen and oxygen atoms in total. The van der Waals surface area contributed by atoms with E-state index in [0.29, 0.717) is 6.42 Å². The van der Waals surface area contributed by atoms with Gasteiger partial charge in [0.15, 0.2) is 5.60 Å². The maximum atomic E-state index is 12.6. The van der Waals surface area contributed by atoms with E-state index >= 15 is 0 Å². The average molecular weight is 260 g/mol. The fourth-order valence-electron chi connectivity index (χ4n) is 1.52. The maximum absolute atomic E-state index is 12.6. The van der Waals surface area contributed by atoms with E-state index in [-0.39, 0.29) is 0 Å². The highest BCUT2D eigenvalue weighted by atomic mass is 35.5. The molecule has 1 aliphatic heterocycles. The molecule has 94 valence electrons. The monoisotopic (exact) mass is 259 g/mol. The first-order valence-electron chi connectivity index (χ1n) is 4.82. The first-order valence-corrected chi connectivity index (χ1v) is 5.26. The number of likely N-dealkylation sites (tertiary alicyclic amines) is 1. The highest BCUT2D eigenvalue weighted by Crippen LogP contribution is 2.40. The molecule has 0 N–H and O–H groups in total. The third kappa shape index (κ3) is 2.13. The third-order valence-electron chi connectivity index (χ3n) is 2.74. The van der Waals surface area contributed by atoms with Gasteiger partial charge in [0.1, 0.15) is 5.38 Å². The van der Waals surface area contributed by atoms with Gasteiger partial charge in [-0.15, -0.1) is 11.6 Å². The molecular weight excluding hydrogens is 247 g/mol. The van der Waals surface area contributed by atoms with E-state index in [0.717, 1.165) is 12.0 Å². The van der Waals surface area contributed by atoms with Crippen LogP contribution in [0.25, 0.3) is 0 Å². The zero-order chi connectivity index (χ0) is 12.6. The van der Waals surface area contributed by atoms with Crippen molar-refractivity contribution in [1.29, 1.82) is 0 Å². The molecule has 1 atom stereocenters. The Morgan fingerprint density at radius 1 is 1.56 bits per heavy atom. The van der Waals surface area contributed by atoms with Crippen LogP contribution in [-0.4, -0.2) is 48.2 Å². The van der Waals surface area contributed by atoms with Crippen molar-refractivity contribution in [1.82, 2.24) is 4.90 Å². The van der Waals surface area contributed by atoms with Crippen molar-refractivity contribution in [2.24, 2.45) is 0 Å². The molecule has 0 radical (unpaired) electrons. The standard InChI is InChI=1S/C9H13ClF3NO2/c1-3-6(10)7(15)14-4-8(5-14,16-2)9(11,12)13/h6H,3-5H2,1-2H3. The van der Waals surface area contributed by atoms with Crippen molar-refractivity contribution in [3.05, 3.63) is 0 Å². The minimum Gasteiger partial charge on any atom is -0.365 e. The predicted molar refractivity (Wildman–Crippen MR) is 52.3 cm³/mol. The third-order valence-corrected chi connectivity index (χ3v) is 3.23. The van der Waals surface area contributed by atoms with Crippen LogP contribution in [0.5, 0.6) is 0 Å². The second-order valence-electron chi connectivity index (χ2n) is 3.77. The summed E-state index contributed by atoms with van der Waals surface area (Å²) in [6.45, 7) is 0.743. The molecule has 0 aromatic heterocycles. The molecule has 0 bridgehead atoms. The molecule has 1 heterocycles. The Morgan fingerprint density at radius 2 is 2.06 bits per heavy atom. The Kier molecular flexibility index (Phi) is 3.74. The van der Waals surface area contributed by atoms with Gasteiger partial charge in [0.05, 0.1) is 13.1 Å². The van der Waals surface area contributed by atoms with Crippen LogP contribution in [0.2, 0.25) is 0 Å². The van der Waals surface area contributed by atoms with E-state index in [1.54, 1.807) is 6.92 Å². The van der Waals surface area contributed by atoms with Crippen LogP contribution in [-0.2, 0) is 9.53 Å². The molecule has 0 aromatic rings. The van der Waals surface area contributed by atoms with E-state index in [9.17, 15) is 18.0 Å².